The van der Waals surface area contributed by atoms with Gasteiger partial charge in [0.05, 0.1) is 43.3 Å². The van der Waals surface area contributed by atoms with Gasteiger partial charge in [0.2, 0.25) is 11.8 Å². The Morgan fingerprint density at radius 1 is 0.947 bits per heavy atom. The number of hydrogen-bond donors (Lipinski definition) is 1. The molecule has 4 rings (SSSR count). The zero-order valence-corrected chi connectivity index (χ0v) is 22.7. The second-order valence-electron chi connectivity index (χ2n) is 10.2. The second-order valence-corrected chi connectivity index (χ2v) is 10.2. The van der Waals surface area contributed by atoms with Crippen molar-refractivity contribution in [3.8, 4) is 22.5 Å². The molecule has 2 heterocycles. The van der Waals surface area contributed by atoms with Crippen LogP contribution in [0.15, 0.2) is 48.5 Å². The molecule has 0 saturated carbocycles. The van der Waals surface area contributed by atoms with E-state index in [1.807, 2.05) is 54.1 Å². The van der Waals surface area contributed by atoms with Crippen molar-refractivity contribution in [2.45, 2.75) is 52.6 Å². The van der Waals surface area contributed by atoms with Crippen molar-refractivity contribution in [3.63, 3.8) is 0 Å². The fourth-order valence-electron chi connectivity index (χ4n) is 4.52. The van der Waals surface area contributed by atoms with Gasteiger partial charge in [-0.2, -0.15) is 0 Å². The molecular formula is C29H37N5O4. The molecule has 1 aliphatic heterocycles. The molecule has 1 N–H and O–H groups in total. The first-order chi connectivity index (χ1) is 18.3. The Balaban J connectivity index is 1.53. The molecule has 202 valence electrons. The van der Waals surface area contributed by atoms with E-state index in [4.69, 9.17) is 9.47 Å². The number of amides is 2. The predicted octanol–water partition coefficient (Wildman–Crippen LogP) is 4.16. The number of aromatic nitrogens is 3. The van der Waals surface area contributed by atoms with Gasteiger partial charge in [-0.3, -0.25) is 9.59 Å². The summed E-state index contributed by atoms with van der Waals surface area (Å²) in [7, 11) is 0. The molecule has 2 amide bonds. The van der Waals surface area contributed by atoms with Crippen LogP contribution < -0.4 is 10.2 Å². The van der Waals surface area contributed by atoms with Crippen LogP contribution in [0.1, 0.15) is 46.1 Å². The van der Waals surface area contributed by atoms with Gasteiger partial charge in [0.15, 0.2) is 0 Å². The van der Waals surface area contributed by atoms with E-state index in [0.717, 1.165) is 33.8 Å². The van der Waals surface area contributed by atoms with Crippen LogP contribution in [0.25, 0.3) is 22.5 Å². The van der Waals surface area contributed by atoms with E-state index in [1.165, 1.54) is 0 Å². The second kappa shape index (κ2) is 12.3. The molecule has 0 fully saturated rings. The molecule has 38 heavy (non-hydrogen) atoms. The third kappa shape index (κ3) is 6.28. The van der Waals surface area contributed by atoms with Gasteiger partial charge in [-0.15, -0.1) is 5.10 Å². The number of ether oxygens (including phenoxy) is 2. The standard InChI is InChI=1S/C29H37N5O4/c1-5-37-18-19-38-17-16-30-25(35)14-15-26(36)33-20-21-10-6-7-11-22(21)28-27(23-12-8-9-13-24(23)33)31-32-34(28)29(2,3)4/h6-13H,5,14-20H2,1-4H3,(H,30,35). The summed E-state index contributed by atoms with van der Waals surface area (Å²) in [6.07, 6.45) is 0.193. The first-order valence-corrected chi connectivity index (χ1v) is 13.2. The lowest BCUT2D eigenvalue weighted by molar-refractivity contribution is -0.125. The number of rotatable bonds is 10. The quantitative estimate of drug-likeness (QED) is 0.404. The van der Waals surface area contributed by atoms with Gasteiger partial charge in [-0.1, -0.05) is 47.7 Å². The molecule has 2 aromatic carbocycles. The van der Waals surface area contributed by atoms with Crippen LogP contribution in [0.3, 0.4) is 0 Å². The minimum absolute atomic E-state index is 0.0923. The summed E-state index contributed by atoms with van der Waals surface area (Å²) >= 11 is 0. The summed E-state index contributed by atoms with van der Waals surface area (Å²) in [4.78, 5) is 27.7. The number of benzene rings is 2. The van der Waals surface area contributed by atoms with Gasteiger partial charge in [-0.25, -0.2) is 4.68 Å². The minimum atomic E-state index is -0.279. The number of nitrogens with zero attached hydrogens (tertiary/aromatic N) is 4. The van der Waals surface area contributed by atoms with Crippen LogP contribution in [0, 0.1) is 0 Å². The van der Waals surface area contributed by atoms with Gasteiger partial charge in [0.25, 0.3) is 0 Å². The van der Waals surface area contributed by atoms with Crippen molar-refractivity contribution in [1.82, 2.24) is 20.3 Å². The summed E-state index contributed by atoms with van der Waals surface area (Å²) in [5.74, 6) is -0.301. The Hall–Kier alpha value is -3.56. The van der Waals surface area contributed by atoms with E-state index in [9.17, 15) is 9.59 Å². The Morgan fingerprint density at radius 2 is 1.66 bits per heavy atom. The van der Waals surface area contributed by atoms with Gasteiger partial charge in [-0.05, 0) is 39.3 Å². The maximum atomic E-state index is 13.6. The van der Waals surface area contributed by atoms with Gasteiger partial charge in [0, 0.05) is 37.1 Å². The average molecular weight is 520 g/mol. The van der Waals surface area contributed by atoms with Crippen molar-refractivity contribution in [1.29, 1.82) is 0 Å². The number of hydrogen-bond acceptors (Lipinski definition) is 6. The molecule has 9 nitrogen and oxygen atoms in total. The molecule has 0 unspecified atom stereocenters. The number of nitrogens with one attached hydrogen (secondary N) is 1. The Labute approximate surface area is 224 Å². The van der Waals surface area contributed by atoms with Crippen LogP contribution in [0.4, 0.5) is 5.69 Å². The summed E-state index contributed by atoms with van der Waals surface area (Å²) in [6.45, 7) is 11.1. The summed E-state index contributed by atoms with van der Waals surface area (Å²) in [5, 5.41) is 11.9. The maximum absolute atomic E-state index is 13.6. The topological polar surface area (TPSA) is 98.6 Å². The molecule has 1 aromatic heterocycles. The van der Waals surface area contributed by atoms with Crippen LogP contribution in [0.2, 0.25) is 0 Å². The summed E-state index contributed by atoms with van der Waals surface area (Å²) < 4.78 is 12.6. The molecular weight excluding hydrogens is 482 g/mol. The first-order valence-electron chi connectivity index (χ1n) is 13.2. The lowest BCUT2D eigenvalue weighted by Gasteiger charge is -2.30. The molecule has 0 radical (unpaired) electrons. The summed E-state index contributed by atoms with van der Waals surface area (Å²) in [6, 6.07) is 15.8. The highest BCUT2D eigenvalue weighted by molar-refractivity contribution is 6.01. The fourth-order valence-corrected chi connectivity index (χ4v) is 4.52. The SMILES string of the molecule is CCOCCOCCNC(=O)CCC(=O)N1Cc2ccccc2-c2c(nnn2C(C)(C)C)-c2ccccc21. The van der Waals surface area contributed by atoms with E-state index in [-0.39, 0.29) is 30.2 Å². The molecule has 9 heteroatoms. The van der Waals surface area contributed by atoms with Gasteiger partial charge in [0.1, 0.15) is 5.69 Å². The monoisotopic (exact) mass is 519 g/mol. The normalized spacial score (nSPS) is 12.7. The minimum Gasteiger partial charge on any atom is -0.379 e. The lowest BCUT2D eigenvalue weighted by Crippen LogP contribution is -2.34. The smallest absolute Gasteiger partial charge is 0.227 e. The Morgan fingerprint density at radius 3 is 2.42 bits per heavy atom. The van der Waals surface area contributed by atoms with E-state index in [0.29, 0.717) is 39.5 Å². The Kier molecular flexibility index (Phi) is 8.91. The summed E-state index contributed by atoms with van der Waals surface area (Å²) in [5.41, 5.74) is 5.00. The number of para-hydroxylation sites is 1. The highest BCUT2D eigenvalue weighted by atomic mass is 16.5. The van der Waals surface area contributed by atoms with Crippen LogP contribution in [-0.4, -0.2) is 59.8 Å². The van der Waals surface area contributed by atoms with Crippen molar-refractivity contribution < 1.29 is 19.1 Å². The zero-order valence-electron chi connectivity index (χ0n) is 22.7. The first kappa shape index (κ1) is 27.5. The van der Waals surface area contributed by atoms with E-state index >= 15 is 0 Å². The van der Waals surface area contributed by atoms with Gasteiger partial charge >= 0.3 is 0 Å². The highest BCUT2D eigenvalue weighted by Crippen LogP contribution is 2.42. The lowest BCUT2D eigenvalue weighted by atomic mass is 9.94. The van der Waals surface area contributed by atoms with Crippen LogP contribution in [0.5, 0.6) is 0 Å². The third-order valence-corrected chi connectivity index (χ3v) is 6.37. The molecule has 0 saturated heterocycles. The molecule has 0 spiro atoms. The number of fused-ring (bicyclic) bond motifs is 5. The van der Waals surface area contributed by atoms with Crippen molar-refractivity contribution in [2.24, 2.45) is 0 Å². The molecule has 0 bridgehead atoms. The third-order valence-electron chi connectivity index (χ3n) is 6.37. The van der Waals surface area contributed by atoms with Crippen molar-refractivity contribution in [3.05, 3.63) is 54.1 Å². The van der Waals surface area contributed by atoms with Crippen molar-refractivity contribution >= 4 is 17.5 Å². The number of carbonyl (C=O) groups is 2. The number of carbonyl (C=O) groups excluding carboxylic acids is 2. The molecule has 0 atom stereocenters. The fraction of sp³-hybridized carbons (Fsp3) is 0.448. The zero-order chi connectivity index (χ0) is 27.1. The molecule has 1 aliphatic rings. The van der Waals surface area contributed by atoms with Crippen LogP contribution in [-0.2, 0) is 31.1 Å². The van der Waals surface area contributed by atoms with Crippen molar-refractivity contribution in [2.75, 3.05) is 37.9 Å². The van der Waals surface area contributed by atoms with Gasteiger partial charge < -0.3 is 19.7 Å². The average Bonchev–Trinajstić information content (AvgIpc) is 3.34. The van der Waals surface area contributed by atoms with E-state index in [2.05, 4.69) is 42.5 Å². The van der Waals surface area contributed by atoms with E-state index < -0.39 is 0 Å². The van der Waals surface area contributed by atoms with Crippen LogP contribution >= 0.6 is 0 Å². The van der Waals surface area contributed by atoms with E-state index in [1.54, 1.807) is 4.90 Å². The number of anilines is 1. The Bertz CT molecular complexity index is 1260. The maximum Gasteiger partial charge on any atom is 0.227 e. The molecule has 0 aliphatic carbocycles. The largest absolute Gasteiger partial charge is 0.379 e. The predicted molar refractivity (Wildman–Crippen MR) is 147 cm³/mol. The molecule has 3 aromatic rings. The highest BCUT2D eigenvalue weighted by Gasteiger charge is 2.31.